The fraction of sp³-hybridized carbons (Fsp3) is 0.167. The summed E-state index contributed by atoms with van der Waals surface area (Å²) >= 11 is 0. The van der Waals surface area contributed by atoms with E-state index >= 15 is 0 Å². The van der Waals surface area contributed by atoms with Gasteiger partial charge in [0, 0.05) is 35.1 Å². The third kappa shape index (κ3) is 4.68. The van der Waals surface area contributed by atoms with E-state index in [1.807, 2.05) is 24.3 Å². The molecule has 0 heterocycles. The number of methoxy groups -OCH3 is 2. The Morgan fingerprint density at radius 1 is 1.09 bits per heavy atom. The van der Waals surface area contributed by atoms with E-state index < -0.39 is 0 Å². The van der Waals surface area contributed by atoms with Crippen LogP contribution in [-0.2, 0) is 4.79 Å². The predicted octanol–water partition coefficient (Wildman–Crippen LogP) is 2.74. The molecule has 2 aromatic rings. The van der Waals surface area contributed by atoms with Crippen molar-refractivity contribution >= 4 is 17.3 Å². The number of anilines is 2. The number of carbonyl (C=O) groups excluding carboxylic acids is 1. The minimum Gasteiger partial charge on any atom is -0.497 e. The van der Waals surface area contributed by atoms with Crippen molar-refractivity contribution in [3.8, 4) is 23.8 Å². The quantitative estimate of drug-likeness (QED) is 0.806. The Morgan fingerprint density at radius 2 is 1.78 bits per heavy atom. The molecule has 0 radical (unpaired) electrons. The lowest BCUT2D eigenvalue weighted by Crippen LogP contribution is -2.21. The molecule has 5 nitrogen and oxygen atoms in total. The van der Waals surface area contributed by atoms with Gasteiger partial charge in [-0.05, 0) is 18.2 Å². The highest BCUT2D eigenvalue weighted by Gasteiger charge is 2.06. The molecule has 23 heavy (non-hydrogen) atoms. The van der Waals surface area contributed by atoms with E-state index in [4.69, 9.17) is 15.9 Å². The summed E-state index contributed by atoms with van der Waals surface area (Å²) in [6.45, 7) is 0.119. The monoisotopic (exact) mass is 310 g/mol. The van der Waals surface area contributed by atoms with Crippen molar-refractivity contribution in [2.45, 2.75) is 0 Å². The second-order valence-corrected chi connectivity index (χ2v) is 4.73. The number of hydrogen-bond donors (Lipinski definition) is 2. The van der Waals surface area contributed by atoms with E-state index in [0.717, 1.165) is 11.3 Å². The second kappa shape index (κ2) is 7.76. The summed E-state index contributed by atoms with van der Waals surface area (Å²) in [6, 6.07) is 12.5. The van der Waals surface area contributed by atoms with Crippen molar-refractivity contribution in [3.05, 3.63) is 48.0 Å². The maximum absolute atomic E-state index is 12.0. The van der Waals surface area contributed by atoms with Crippen molar-refractivity contribution in [1.82, 2.24) is 0 Å². The minimum atomic E-state index is -0.189. The molecule has 0 aliphatic carbocycles. The summed E-state index contributed by atoms with van der Waals surface area (Å²) in [5.41, 5.74) is 2.15. The van der Waals surface area contributed by atoms with Crippen molar-refractivity contribution in [1.29, 1.82) is 0 Å². The van der Waals surface area contributed by atoms with Crippen LogP contribution in [0.15, 0.2) is 42.5 Å². The first-order valence-corrected chi connectivity index (χ1v) is 6.98. The third-order valence-corrected chi connectivity index (χ3v) is 3.12. The van der Waals surface area contributed by atoms with Crippen LogP contribution in [0.2, 0.25) is 0 Å². The first kappa shape index (κ1) is 16.2. The highest BCUT2D eigenvalue weighted by molar-refractivity contribution is 5.94. The summed E-state index contributed by atoms with van der Waals surface area (Å²) in [4.78, 5) is 12.0. The van der Waals surface area contributed by atoms with Crippen LogP contribution in [0.3, 0.4) is 0 Å². The molecule has 0 aliphatic heterocycles. The molecule has 0 spiro atoms. The molecule has 0 saturated heterocycles. The SMILES string of the molecule is C#Cc1cccc(NCC(=O)Nc2cc(OC)cc(OC)c2)c1. The maximum Gasteiger partial charge on any atom is 0.243 e. The van der Waals surface area contributed by atoms with Gasteiger partial charge in [-0.25, -0.2) is 0 Å². The Kier molecular flexibility index (Phi) is 5.48. The molecule has 5 heteroatoms. The average molecular weight is 310 g/mol. The van der Waals surface area contributed by atoms with Crippen molar-refractivity contribution < 1.29 is 14.3 Å². The molecule has 1 amide bonds. The number of nitrogens with one attached hydrogen (secondary N) is 2. The molecule has 2 rings (SSSR count). The van der Waals surface area contributed by atoms with Gasteiger partial charge in [0.25, 0.3) is 0 Å². The van der Waals surface area contributed by atoms with Gasteiger partial charge in [0.05, 0.1) is 20.8 Å². The third-order valence-electron chi connectivity index (χ3n) is 3.12. The number of amides is 1. The molecular weight excluding hydrogens is 292 g/mol. The molecule has 2 N–H and O–H groups in total. The van der Waals surface area contributed by atoms with E-state index in [0.29, 0.717) is 17.2 Å². The highest BCUT2D eigenvalue weighted by atomic mass is 16.5. The summed E-state index contributed by atoms with van der Waals surface area (Å²) in [5.74, 6) is 3.58. The first-order chi connectivity index (χ1) is 11.1. The molecule has 0 unspecified atom stereocenters. The number of ether oxygens (including phenoxy) is 2. The van der Waals surface area contributed by atoms with Crippen LogP contribution in [-0.4, -0.2) is 26.7 Å². The lowest BCUT2D eigenvalue weighted by atomic mass is 10.2. The second-order valence-electron chi connectivity index (χ2n) is 4.73. The van der Waals surface area contributed by atoms with Gasteiger partial charge in [-0.15, -0.1) is 6.42 Å². The fourth-order valence-electron chi connectivity index (χ4n) is 1.99. The van der Waals surface area contributed by atoms with Gasteiger partial charge in [0.2, 0.25) is 5.91 Å². The summed E-state index contributed by atoms with van der Waals surface area (Å²) in [6.07, 6.45) is 5.35. The summed E-state index contributed by atoms with van der Waals surface area (Å²) in [5, 5.41) is 5.81. The van der Waals surface area contributed by atoms with E-state index in [2.05, 4.69) is 16.6 Å². The normalized spacial score (nSPS) is 9.61. The number of carbonyl (C=O) groups is 1. The zero-order valence-electron chi connectivity index (χ0n) is 13.1. The van der Waals surface area contributed by atoms with Gasteiger partial charge in [-0.3, -0.25) is 4.79 Å². The van der Waals surface area contributed by atoms with E-state index in [1.165, 1.54) is 0 Å². The number of terminal acetylenes is 1. The molecule has 118 valence electrons. The van der Waals surface area contributed by atoms with E-state index in [-0.39, 0.29) is 12.5 Å². The lowest BCUT2D eigenvalue weighted by molar-refractivity contribution is -0.114. The van der Waals surface area contributed by atoms with Crippen molar-refractivity contribution in [2.24, 2.45) is 0 Å². The van der Waals surface area contributed by atoms with Gasteiger partial charge in [-0.1, -0.05) is 12.0 Å². The average Bonchev–Trinajstić information content (AvgIpc) is 2.59. The topological polar surface area (TPSA) is 59.6 Å². The van der Waals surface area contributed by atoms with Crippen LogP contribution in [0, 0.1) is 12.3 Å². The smallest absolute Gasteiger partial charge is 0.243 e. The van der Waals surface area contributed by atoms with Crippen molar-refractivity contribution in [2.75, 3.05) is 31.4 Å². The number of rotatable bonds is 6. The molecular formula is C18H18N2O3. The molecule has 0 saturated carbocycles. The van der Waals surface area contributed by atoms with Crippen LogP contribution in [0.1, 0.15) is 5.56 Å². The van der Waals surface area contributed by atoms with E-state index in [9.17, 15) is 4.79 Å². The Bertz CT molecular complexity index is 713. The standard InChI is InChI=1S/C18H18N2O3/c1-4-13-6-5-7-14(8-13)19-12-18(21)20-15-9-16(22-2)11-17(10-15)23-3/h1,5-11,19H,12H2,2-3H3,(H,20,21). The zero-order valence-corrected chi connectivity index (χ0v) is 13.1. The number of hydrogen-bond acceptors (Lipinski definition) is 4. The zero-order chi connectivity index (χ0) is 16.7. The van der Waals surface area contributed by atoms with Crippen molar-refractivity contribution in [3.63, 3.8) is 0 Å². The van der Waals surface area contributed by atoms with Crippen LogP contribution in [0.4, 0.5) is 11.4 Å². The van der Waals surface area contributed by atoms with Gasteiger partial charge in [-0.2, -0.15) is 0 Å². The van der Waals surface area contributed by atoms with Crippen LogP contribution < -0.4 is 20.1 Å². The largest absolute Gasteiger partial charge is 0.497 e. The Morgan fingerprint density at radius 3 is 2.39 bits per heavy atom. The molecule has 0 fully saturated rings. The minimum absolute atomic E-state index is 0.119. The van der Waals surface area contributed by atoms with Crippen LogP contribution >= 0.6 is 0 Å². The summed E-state index contributed by atoms with van der Waals surface area (Å²) in [7, 11) is 3.11. The Hall–Kier alpha value is -3.13. The fourth-order valence-corrected chi connectivity index (χ4v) is 1.99. The molecule has 0 aliphatic rings. The lowest BCUT2D eigenvalue weighted by Gasteiger charge is -2.11. The van der Waals surface area contributed by atoms with Gasteiger partial charge >= 0.3 is 0 Å². The first-order valence-electron chi connectivity index (χ1n) is 6.98. The van der Waals surface area contributed by atoms with Crippen LogP contribution in [0.25, 0.3) is 0 Å². The Labute approximate surface area is 135 Å². The molecule has 2 aromatic carbocycles. The van der Waals surface area contributed by atoms with Crippen LogP contribution in [0.5, 0.6) is 11.5 Å². The molecule has 0 bridgehead atoms. The number of benzene rings is 2. The van der Waals surface area contributed by atoms with Gasteiger partial charge in [0.15, 0.2) is 0 Å². The molecule has 0 aromatic heterocycles. The Balaban J connectivity index is 1.98. The van der Waals surface area contributed by atoms with Gasteiger partial charge in [0.1, 0.15) is 11.5 Å². The highest BCUT2D eigenvalue weighted by Crippen LogP contribution is 2.25. The predicted molar refractivity (Wildman–Crippen MR) is 91.0 cm³/mol. The maximum atomic E-state index is 12.0. The van der Waals surface area contributed by atoms with E-state index in [1.54, 1.807) is 32.4 Å². The molecule has 0 atom stereocenters. The summed E-state index contributed by atoms with van der Waals surface area (Å²) < 4.78 is 10.3. The van der Waals surface area contributed by atoms with Gasteiger partial charge < -0.3 is 20.1 Å².